The number of halogens is 2. The number of nitrogens with one attached hydrogen (secondary N) is 2. The number of sulfonamides is 1. The van der Waals surface area contributed by atoms with Crippen LogP contribution in [0.3, 0.4) is 0 Å². The van der Waals surface area contributed by atoms with E-state index in [2.05, 4.69) is 27.3 Å². The van der Waals surface area contributed by atoms with Crippen LogP contribution in [-0.4, -0.2) is 41.0 Å². The minimum Gasteiger partial charge on any atom is -0.368 e. The molecule has 2 aromatic carbocycles. The molecular weight excluding hydrogens is 520 g/mol. The van der Waals surface area contributed by atoms with Crippen LogP contribution in [0.5, 0.6) is 0 Å². The van der Waals surface area contributed by atoms with Crippen molar-refractivity contribution in [3.8, 4) is 0 Å². The number of carbonyl (C=O) groups is 2. The quantitative estimate of drug-likeness (QED) is 0.328. The van der Waals surface area contributed by atoms with E-state index < -0.39 is 39.1 Å². The van der Waals surface area contributed by atoms with E-state index in [-0.39, 0.29) is 34.3 Å². The number of nitrogens with zero attached hydrogens (tertiary/aromatic N) is 3. The lowest BCUT2D eigenvalue weighted by Gasteiger charge is -2.29. The number of primary sulfonamides is 1. The van der Waals surface area contributed by atoms with Gasteiger partial charge in [0.15, 0.2) is 0 Å². The Bertz CT molecular complexity index is 1500. The summed E-state index contributed by atoms with van der Waals surface area (Å²) in [5.74, 6) is -4.35. The first kappa shape index (κ1) is 26.9. The number of amides is 1. The van der Waals surface area contributed by atoms with Crippen LogP contribution in [0, 0.1) is 11.6 Å². The number of hydrogen-bond acceptors (Lipinski definition) is 8. The molecule has 38 heavy (non-hydrogen) atoms. The fourth-order valence-electron chi connectivity index (χ4n) is 4.38. The Morgan fingerprint density at radius 1 is 1.08 bits per heavy atom. The molecule has 1 heterocycles. The third-order valence-corrected chi connectivity index (χ3v) is 7.23. The van der Waals surface area contributed by atoms with Gasteiger partial charge >= 0.3 is 0 Å². The Labute approximate surface area is 217 Å². The lowest BCUT2D eigenvalue weighted by molar-refractivity contribution is -0.117. The zero-order valence-electron chi connectivity index (χ0n) is 20.0. The molecule has 11 nitrogen and oxygen atoms in total. The molecular formula is C24H25F2N7O4S. The van der Waals surface area contributed by atoms with Crippen LogP contribution in [-0.2, 0) is 14.8 Å². The Morgan fingerprint density at radius 3 is 2.34 bits per heavy atom. The first-order chi connectivity index (χ1) is 18.0. The zero-order chi connectivity index (χ0) is 27.6. The summed E-state index contributed by atoms with van der Waals surface area (Å²) >= 11 is 0. The van der Waals surface area contributed by atoms with Crippen molar-refractivity contribution in [2.24, 2.45) is 5.14 Å². The van der Waals surface area contributed by atoms with E-state index >= 15 is 4.39 Å². The lowest BCUT2D eigenvalue weighted by atomic mass is 9.81. The average Bonchev–Trinajstić information content (AvgIpc) is 3.24. The molecule has 1 aromatic heterocycles. The van der Waals surface area contributed by atoms with Crippen molar-refractivity contribution in [1.82, 2.24) is 20.1 Å². The summed E-state index contributed by atoms with van der Waals surface area (Å²) in [5, 5.41) is 14.5. The van der Waals surface area contributed by atoms with E-state index in [0.29, 0.717) is 36.1 Å². The monoisotopic (exact) mass is 545 g/mol. The Kier molecular flexibility index (Phi) is 7.55. The number of anilines is 3. The smallest absolute Gasteiger partial charge is 0.287 e. The summed E-state index contributed by atoms with van der Waals surface area (Å²) < 4.78 is 53.6. The Balaban J connectivity index is 1.53. The van der Waals surface area contributed by atoms with Gasteiger partial charge in [0.1, 0.15) is 17.2 Å². The summed E-state index contributed by atoms with van der Waals surface area (Å²) in [4.78, 5) is 28.4. The molecule has 4 rings (SSSR count). The normalized spacial score (nSPS) is 17.6. The molecule has 1 aliphatic carbocycles. The van der Waals surface area contributed by atoms with Crippen molar-refractivity contribution in [2.75, 3.05) is 11.1 Å². The van der Waals surface area contributed by atoms with Crippen molar-refractivity contribution in [2.45, 2.75) is 42.5 Å². The van der Waals surface area contributed by atoms with E-state index in [4.69, 9.17) is 10.9 Å². The van der Waals surface area contributed by atoms with Gasteiger partial charge in [0.25, 0.3) is 5.91 Å². The van der Waals surface area contributed by atoms with Crippen LogP contribution < -0.4 is 21.5 Å². The van der Waals surface area contributed by atoms with E-state index in [0.717, 1.165) is 6.07 Å². The Morgan fingerprint density at radius 2 is 1.74 bits per heavy atom. The molecule has 0 atom stereocenters. The first-order valence-electron chi connectivity index (χ1n) is 11.6. The van der Waals surface area contributed by atoms with Gasteiger partial charge in [-0.2, -0.15) is 9.67 Å². The van der Waals surface area contributed by atoms with Crippen LogP contribution in [0.2, 0.25) is 0 Å². The number of aromatic nitrogens is 3. The van der Waals surface area contributed by atoms with Crippen LogP contribution in [0.1, 0.15) is 47.5 Å². The molecule has 1 aliphatic rings. The van der Waals surface area contributed by atoms with Gasteiger partial charge in [0.05, 0.1) is 4.90 Å². The van der Waals surface area contributed by atoms with Crippen LogP contribution in [0.15, 0.2) is 53.9 Å². The number of carbonyl (C=O) groups excluding carboxylic acids is 2. The second-order valence-electron chi connectivity index (χ2n) is 8.79. The van der Waals surface area contributed by atoms with Crippen molar-refractivity contribution in [3.05, 3.63) is 71.8 Å². The lowest BCUT2D eigenvalue weighted by Crippen LogP contribution is -2.36. The average molecular weight is 546 g/mol. The predicted molar refractivity (Wildman–Crippen MR) is 135 cm³/mol. The highest BCUT2D eigenvalue weighted by molar-refractivity contribution is 7.89. The topological polar surface area (TPSA) is 175 Å². The summed E-state index contributed by atoms with van der Waals surface area (Å²) in [6.07, 6.45) is 3.43. The maximum Gasteiger partial charge on any atom is 0.287 e. The molecule has 1 saturated carbocycles. The minimum atomic E-state index is -3.88. The molecule has 0 bridgehead atoms. The first-order valence-corrected chi connectivity index (χ1v) is 13.1. The van der Waals surface area contributed by atoms with Gasteiger partial charge in [0.2, 0.25) is 27.8 Å². The third kappa shape index (κ3) is 5.70. The van der Waals surface area contributed by atoms with Crippen LogP contribution in [0.25, 0.3) is 0 Å². The van der Waals surface area contributed by atoms with Crippen molar-refractivity contribution < 1.29 is 26.8 Å². The van der Waals surface area contributed by atoms with Crippen molar-refractivity contribution >= 4 is 39.4 Å². The third-order valence-electron chi connectivity index (χ3n) is 6.30. The fourth-order valence-corrected chi connectivity index (χ4v) is 4.89. The van der Waals surface area contributed by atoms with Crippen LogP contribution in [0.4, 0.5) is 26.4 Å². The fraction of sp³-hybridized carbons (Fsp3) is 0.250. The largest absolute Gasteiger partial charge is 0.368 e. The highest BCUT2D eigenvalue weighted by Crippen LogP contribution is 2.36. The summed E-state index contributed by atoms with van der Waals surface area (Å²) in [5.41, 5.74) is 5.53. The van der Waals surface area contributed by atoms with Gasteiger partial charge < -0.3 is 16.4 Å². The number of hydrogen-bond donors (Lipinski definition) is 4. The molecule has 0 aliphatic heterocycles. The van der Waals surface area contributed by atoms with Gasteiger partial charge in [-0.25, -0.2) is 22.3 Å². The maximum atomic E-state index is 15.5. The standard InChI is InChI=1S/C24H25F2N7O4S/c1-2-19(34)29-14-5-3-13(4-6-14)17-11-12-18(25)20(21(17)26)22(35)33-23(27)31-24(32-33)30-15-7-9-16(10-8-15)38(28,36)37/h2,7-14H,1,3-6H2,(H,29,34)(H2,28,36,37)(H3,27,30,31,32). The van der Waals surface area contributed by atoms with Crippen LogP contribution >= 0.6 is 0 Å². The predicted octanol–water partition coefficient (Wildman–Crippen LogP) is 2.55. The maximum absolute atomic E-state index is 15.5. The van der Waals surface area contributed by atoms with E-state index in [1.54, 1.807) is 0 Å². The van der Waals surface area contributed by atoms with Crippen molar-refractivity contribution in [3.63, 3.8) is 0 Å². The van der Waals surface area contributed by atoms with Gasteiger partial charge in [-0.1, -0.05) is 12.6 Å². The minimum absolute atomic E-state index is 0.0712. The van der Waals surface area contributed by atoms with Gasteiger partial charge in [-0.05, 0) is 73.6 Å². The van der Waals surface area contributed by atoms with Gasteiger partial charge in [-0.3, -0.25) is 9.59 Å². The second kappa shape index (κ2) is 10.7. The summed E-state index contributed by atoms with van der Waals surface area (Å²) in [7, 11) is -3.88. The molecule has 0 radical (unpaired) electrons. The molecule has 1 fully saturated rings. The van der Waals surface area contributed by atoms with E-state index in [9.17, 15) is 22.4 Å². The zero-order valence-corrected chi connectivity index (χ0v) is 20.8. The van der Waals surface area contributed by atoms with Gasteiger partial charge in [0, 0.05) is 11.7 Å². The molecule has 200 valence electrons. The molecule has 0 spiro atoms. The Hall–Kier alpha value is -4.17. The van der Waals surface area contributed by atoms with Crippen molar-refractivity contribution in [1.29, 1.82) is 0 Å². The summed E-state index contributed by atoms with van der Waals surface area (Å²) in [6.45, 7) is 3.42. The molecule has 6 N–H and O–H groups in total. The molecule has 0 unspecified atom stereocenters. The number of nitrogen functional groups attached to an aromatic ring is 1. The number of rotatable bonds is 7. The number of benzene rings is 2. The highest BCUT2D eigenvalue weighted by atomic mass is 32.2. The second-order valence-corrected chi connectivity index (χ2v) is 10.4. The van der Waals surface area contributed by atoms with Gasteiger partial charge in [-0.15, -0.1) is 5.10 Å². The van der Waals surface area contributed by atoms with E-state index in [1.807, 2.05) is 0 Å². The molecule has 3 aromatic rings. The SMILES string of the molecule is C=CC(=O)NC1CCC(c2ccc(F)c(C(=O)n3nc(Nc4ccc(S(N)(=O)=O)cc4)nc3N)c2F)CC1. The molecule has 0 saturated heterocycles. The van der Waals surface area contributed by atoms with E-state index in [1.165, 1.54) is 36.4 Å². The molecule has 1 amide bonds. The number of nitrogens with two attached hydrogens (primary N) is 2. The highest BCUT2D eigenvalue weighted by Gasteiger charge is 2.30. The molecule has 14 heteroatoms. The summed E-state index contributed by atoms with van der Waals surface area (Å²) in [6, 6.07) is 7.55.